The van der Waals surface area contributed by atoms with E-state index in [1.165, 1.54) is 31.3 Å². The summed E-state index contributed by atoms with van der Waals surface area (Å²) >= 11 is 0. The molecule has 0 fully saturated rings. The van der Waals surface area contributed by atoms with Crippen molar-refractivity contribution in [3.8, 4) is 0 Å². The van der Waals surface area contributed by atoms with Gasteiger partial charge in [0.2, 0.25) is 10.0 Å². The van der Waals surface area contributed by atoms with Crippen LogP contribution in [-0.2, 0) is 10.0 Å². The Morgan fingerprint density at radius 2 is 2.18 bits per heavy atom. The molecular formula is C10H12N2O4S. The van der Waals surface area contributed by atoms with Crippen molar-refractivity contribution in [3.63, 3.8) is 0 Å². The number of hydrogen-bond acceptors (Lipinski definition) is 4. The number of benzene rings is 1. The van der Waals surface area contributed by atoms with Crippen LogP contribution in [0.5, 0.6) is 0 Å². The Balaban J connectivity index is 3.19. The summed E-state index contributed by atoms with van der Waals surface area (Å²) in [6.07, 6.45) is 1.44. The molecule has 0 aromatic heterocycles. The highest BCUT2D eigenvalue weighted by atomic mass is 32.2. The lowest BCUT2D eigenvalue weighted by Crippen LogP contribution is -2.26. The molecule has 0 radical (unpaired) electrons. The van der Waals surface area contributed by atoms with Crippen molar-refractivity contribution < 1.29 is 13.3 Å². The second-order valence-corrected chi connectivity index (χ2v) is 5.37. The number of nitrogens with zero attached hydrogens (tertiary/aromatic N) is 2. The fourth-order valence-corrected chi connectivity index (χ4v) is 2.40. The molecule has 0 aliphatic carbocycles. The van der Waals surface area contributed by atoms with Crippen LogP contribution in [0.2, 0.25) is 0 Å². The summed E-state index contributed by atoms with van der Waals surface area (Å²) in [6, 6.07) is 4.94. The number of rotatable bonds is 5. The van der Waals surface area contributed by atoms with E-state index in [4.69, 9.17) is 0 Å². The van der Waals surface area contributed by atoms with Crippen molar-refractivity contribution >= 4 is 15.7 Å². The Morgan fingerprint density at radius 1 is 1.53 bits per heavy atom. The fraction of sp³-hybridized carbons (Fsp3) is 0.200. The quantitative estimate of drug-likeness (QED) is 0.453. The van der Waals surface area contributed by atoms with Crippen molar-refractivity contribution in [1.29, 1.82) is 0 Å². The van der Waals surface area contributed by atoms with Crippen LogP contribution in [0.25, 0.3) is 0 Å². The van der Waals surface area contributed by atoms with Gasteiger partial charge in [-0.05, 0) is 6.07 Å². The number of non-ortho nitro benzene ring substituents is 1. The van der Waals surface area contributed by atoms with Crippen molar-refractivity contribution in [1.82, 2.24) is 4.31 Å². The topological polar surface area (TPSA) is 80.5 Å². The zero-order valence-electron chi connectivity index (χ0n) is 9.24. The van der Waals surface area contributed by atoms with Crippen LogP contribution in [0.15, 0.2) is 41.8 Å². The molecule has 0 saturated carbocycles. The van der Waals surface area contributed by atoms with E-state index in [1.54, 1.807) is 0 Å². The zero-order valence-corrected chi connectivity index (χ0v) is 10.1. The lowest BCUT2D eigenvalue weighted by Gasteiger charge is -2.14. The second kappa shape index (κ2) is 5.07. The predicted octanol–water partition coefficient (Wildman–Crippen LogP) is 1.40. The Hall–Kier alpha value is -1.73. The number of likely N-dealkylation sites (N-methyl/N-ethyl adjacent to an activating group) is 1. The minimum absolute atomic E-state index is 0.101. The zero-order chi connectivity index (χ0) is 13.1. The third kappa shape index (κ3) is 2.89. The van der Waals surface area contributed by atoms with Gasteiger partial charge in [0.15, 0.2) is 0 Å². The largest absolute Gasteiger partial charge is 0.270 e. The van der Waals surface area contributed by atoms with Crippen molar-refractivity contribution in [2.45, 2.75) is 4.90 Å². The van der Waals surface area contributed by atoms with Gasteiger partial charge in [-0.25, -0.2) is 8.42 Å². The Morgan fingerprint density at radius 3 is 2.71 bits per heavy atom. The molecule has 6 nitrogen and oxygen atoms in total. The molecule has 0 unspecified atom stereocenters. The van der Waals surface area contributed by atoms with Crippen molar-refractivity contribution in [3.05, 3.63) is 47.0 Å². The molecule has 0 heterocycles. The highest BCUT2D eigenvalue weighted by molar-refractivity contribution is 7.89. The molecule has 0 saturated heterocycles. The van der Waals surface area contributed by atoms with E-state index in [1.807, 2.05) is 0 Å². The smallest absolute Gasteiger partial charge is 0.258 e. The first-order chi connectivity index (χ1) is 7.89. The van der Waals surface area contributed by atoms with Crippen LogP contribution in [0.4, 0.5) is 5.69 Å². The molecule has 0 aliphatic rings. The highest BCUT2D eigenvalue weighted by Crippen LogP contribution is 2.19. The number of nitro benzene ring substituents is 1. The predicted molar refractivity (Wildman–Crippen MR) is 63.1 cm³/mol. The summed E-state index contributed by atoms with van der Waals surface area (Å²) in [7, 11) is -2.31. The van der Waals surface area contributed by atoms with E-state index < -0.39 is 14.9 Å². The third-order valence-electron chi connectivity index (χ3n) is 2.12. The maximum Gasteiger partial charge on any atom is 0.270 e. The maximum absolute atomic E-state index is 12.0. The standard InChI is InChI=1S/C10H12N2O4S/c1-3-7-11(2)17(15,16)10-6-4-5-9(8-10)12(13)14/h3-6,8H,1,7H2,2H3. The first-order valence-electron chi connectivity index (χ1n) is 4.71. The van der Waals surface area contributed by atoms with E-state index in [-0.39, 0.29) is 17.1 Å². The van der Waals surface area contributed by atoms with Gasteiger partial charge in [0, 0.05) is 25.7 Å². The molecule has 7 heteroatoms. The SMILES string of the molecule is C=CCN(C)S(=O)(=O)c1cccc([N+](=O)[O-])c1. The average Bonchev–Trinajstić information content (AvgIpc) is 2.29. The summed E-state index contributed by atoms with van der Waals surface area (Å²) in [5, 5.41) is 10.6. The third-order valence-corrected chi connectivity index (χ3v) is 3.94. The summed E-state index contributed by atoms with van der Waals surface area (Å²) in [4.78, 5) is 9.82. The van der Waals surface area contributed by atoms with Gasteiger partial charge in [0.25, 0.3) is 5.69 Å². The molecule has 17 heavy (non-hydrogen) atoms. The normalized spacial score (nSPS) is 11.4. The van der Waals surface area contributed by atoms with Crippen LogP contribution >= 0.6 is 0 Å². The number of nitro groups is 1. The minimum Gasteiger partial charge on any atom is -0.258 e. The van der Waals surface area contributed by atoms with E-state index in [0.717, 1.165) is 10.4 Å². The van der Waals surface area contributed by atoms with E-state index in [0.29, 0.717) is 0 Å². The molecule has 0 N–H and O–H groups in total. The van der Waals surface area contributed by atoms with Crippen LogP contribution in [0, 0.1) is 10.1 Å². The van der Waals surface area contributed by atoms with Gasteiger partial charge in [-0.2, -0.15) is 4.31 Å². The molecular weight excluding hydrogens is 244 g/mol. The van der Waals surface area contributed by atoms with Gasteiger partial charge < -0.3 is 0 Å². The van der Waals surface area contributed by atoms with Crippen LogP contribution in [-0.4, -0.2) is 31.2 Å². The molecule has 0 atom stereocenters. The van der Waals surface area contributed by atoms with Crippen LogP contribution in [0.1, 0.15) is 0 Å². The lowest BCUT2D eigenvalue weighted by atomic mass is 10.3. The van der Waals surface area contributed by atoms with Gasteiger partial charge in [-0.1, -0.05) is 12.1 Å². The highest BCUT2D eigenvalue weighted by Gasteiger charge is 2.21. The van der Waals surface area contributed by atoms with Gasteiger partial charge in [-0.3, -0.25) is 10.1 Å². The Labute approximate surface area is 99.4 Å². The monoisotopic (exact) mass is 256 g/mol. The van der Waals surface area contributed by atoms with E-state index in [2.05, 4.69) is 6.58 Å². The number of hydrogen-bond donors (Lipinski definition) is 0. The summed E-state index contributed by atoms with van der Waals surface area (Å²) < 4.78 is 25.0. The van der Waals surface area contributed by atoms with Crippen LogP contribution in [0.3, 0.4) is 0 Å². The Bertz CT molecular complexity index is 539. The van der Waals surface area contributed by atoms with Gasteiger partial charge >= 0.3 is 0 Å². The molecule has 92 valence electrons. The molecule has 0 amide bonds. The molecule has 1 rings (SSSR count). The fourth-order valence-electron chi connectivity index (χ4n) is 1.22. The summed E-state index contributed by atoms with van der Waals surface area (Å²) in [5.74, 6) is 0. The van der Waals surface area contributed by atoms with Gasteiger partial charge in [0.1, 0.15) is 0 Å². The first kappa shape index (κ1) is 13.3. The molecule has 0 aliphatic heterocycles. The minimum atomic E-state index is -3.70. The molecule has 0 bridgehead atoms. The average molecular weight is 256 g/mol. The summed E-state index contributed by atoms with van der Waals surface area (Å²) in [6.45, 7) is 3.58. The molecule has 1 aromatic carbocycles. The van der Waals surface area contributed by atoms with Crippen molar-refractivity contribution in [2.24, 2.45) is 0 Å². The number of sulfonamides is 1. The van der Waals surface area contributed by atoms with Crippen molar-refractivity contribution in [2.75, 3.05) is 13.6 Å². The molecule has 0 spiro atoms. The molecule has 1 aromatic rings. The maximum atomic E-state index is 12.0. The lowest BCUT2D eigenvalue weighted by molar-refractivity contribution is -0.385. The van der Waals surface area contributed by atoms with Crippen LogP contribution < -0.4 is 0 Å². The second-order valence-electron chi connectivity index (χ2n) is 3.33. The first-order valence-corrected chi connectivity index (χ1v) is 6.15. The van der Waals surface area contributed by atoms with E-state index in [9.17, 15) is 18.5 Å². The van der Waals surface area contributed by atoms with Gasteiger partial charge in [0.05, 0.1) is 9.82 Å². The van der Waals surface area contributed by atoms with Gasteiger partial charge in [-0.15, -0.1) is 6.58 Å². The Kier molecular flexibility index (Phi) is 3.97. The summed E-state index contributed by atoms with van der Waals surface area (Å²) in [5.41, 5.74) is -0.252. The van der Waals surface area contributed by atoms with E-state index >= 15 is 0 Å².